The Bertz CT molecular complexity index is 600. The lowest BCUT2D eigenvalue weighted by molar-refractivity contribution is -0.115. The van der Waals surface area contributed by atoms with Gasteiger partial charge in [0.1, 0.15) is 0 Å². The fourth-order valence-electron chi connectivity index (χ4n) is 1.95. The Labute approximate surface area is 137 Å². The van der Waals surface area contributed by atoms with Crippen LogP contribution in [0.15, 0.2) is 29.2 Å². The minimum Gasteiger partial charge on any atom is -0.326 e. The van der Waals surface area contributed by atoms with Gasteiger partial charge in [0.15, 0.2) is 0 Å². The van der Waals surface area contributed by atoms with E-state index < -0.39 is 10.0 Å². The maximum Gasteiger partial charge on any atom is 0.240 e. The van der Waals surface area contributed by atoms with Crippen LogP contribution in [0, 0.1) is 5.92 Å². The summed E-state index contributed by atoms with van der Waals surface area (Å²) in [6, 6.07) is 5.96. The molecule has 4 N–H and O–H groups in total. The van der Waals surface area contributed by atoms with Crippen molar-refractivity contribution in [3.63, 3.8) is 0 Å². The SMILES string of the molecule is CCC(=O)Nc1ccc(S(=O)(=O)NCC(N)C2CC2)cc1.Cl. The van der Waals surface area contributed by atoms with Crippen molar-refractivity contribution in [2.75, 3.05) is 11.9 Å². The molecule has 0 heterocycles. The number of hydrogen-bond donors (Lipinski definition) is 3. The van der Waals surface area contributed by atoms with Crippen molar-refractivity contribution in [3.8, 4) is 0 Å². The summed E-state index contributed by atoms with van der Waals surface area (Å²) in [5.74, 6) is 0.332. The molecule has 1 aromatic rings. The highest BCUT2D eigenvalue weighted by Gasteiger charge is 2.29. The number of sulfonamides is 1. The van der Waals surface area contributed by atoms with Crippen molar-refractivity contribution in [1.82, 2.24) is 4.72 Å². The highest BCUT2D eigenvalue weighted by atomic mass is 35.5. The standard InChI is InChI=1S/C14H21N3O3S.ClH/c1-2-14(18)17-11-5-7-12(8-6-11)21(19,20)16-9-13(15)10-3-4-10;/h5-8,10,13,16H,2-4,9,15H2,1H3,(H,17,18);1H. The van der Waals surface area contributed by atoms with Crippen molar-refractivity contribution in [3.05, 3.63) is 24.3 Å². The van der Waals surface area contributed by atoms with E-state index in [-0.39, 0.29) is 35.8 Å². The van der Waals surface area contributed by atoms with E-state index in [0.29, 0.717) is 18.0 Å². The summed E-state index contributed by atoms with van der Waals surface area (Å²) in [7, 11) is -3.55. The summed E-state index contributed by atoms with van der Waals surface area (Å²) in [6.45, 7) is 2.00. The molecule has 1 unspecified atom stereocenters. The molecule has 6 nitrogen and oxygen atoms in total. The lowest BCUT2D eigenvalue weighted by Crippen LogP contribution is -2.38. The predicted octanol–water partition coefficient (Wildman–Crippen LogP) is 1.47. The topological polar surface area (TPSA) is 101 Å². The molecule has 1 aromatic carbocycles. The Morgan fingerprint density at radius 3 is 2.41 bits per heavy atom. The summed E-state index contributed by atoms with van der Waals surface area (Å²) in [6.07, 6.45) is 2.53. The highest BCUT2D eigenvalue weighted by Crippen LogP contribution is 2.31. The average Bonchev–Trinajstić information content (AvgIpc) is 3.30. The van der Waals surface area contributed by atoms with Crippen molar-refractivity contribution in [2.24, 2.45) is 11.7 Å². The Balaban J connectivity index is 0.00000242. The number of rotatable bonds is 7. The molecule has 2 rings (SSSR count). The molecule has 1 amide bonds. The fourth-order valence-corrected chi connectivity index (χ4v) is 3.02. The van der Waals surface area contributed by atoms with Gasteiger partial charge in [0.25, 0.3) is 0 Å². The van der Waals surface area contributed by atoms with E-state index in [2.05, 4.69) is 10.0 Å². The molecule has 0 aliphatic heterocycles. The molecule has 8 heteroatoms. The van der Waals surface area contributed by atoms with Crippen LogP contribution in [-0.2, 0) is 14.8 Å². The van der Waals surface area contributed by atoms with Crippen LogP contribution >= 0.6 is 12.4 Å². The normalized spacial score (nSPS) is 15.7. The van der Waals surface area contributed by atoms with Gasteiger partial charge in [-0.1, -0.05) is 6.92 Å². The Hall–Kier alpha value is -1.15. The third-order valence-corrected chi connectivity index (χ3v) is 4.95. The second kappa shape index (κ2) is 7.92. The lowest BCUT2D eigenvalue weighted by Gasteiger charge is -2.12. The first kappa shape index (κ1) is 18.9. The monoisotopic (exact) mass is 347 g/mol. The minimum atomic E-state index is -3.55. The van der Waals surface area contributed by atoms with Gasteiger partial charge in [-0.3, -0.25) is 4.79 Å². The van der Waals surface area contributed by atoms with Gasteiger partial charge in [-0.2, -0.15) is 0 Å². The van der Waals surface area contributed by atoms with E-state index >= 15 is 0 Å². The van der Waals surface area contributed by atoms with Gasteiger partial charge >= 0.3 is 0 Å². The van der Waals surface area contributed by atoms with Crippen LogP contribution in [0.25, 0.3) is 0 Å². The third-order valence-electron chi connectivity index (χ3n) is 3.51. The smallest absolute Gasteiger partial charge is 0.240 e. The molecule has 1 atom stereocenters. The molecule has 1 fully saturated rings. The number of hydrogen-bond acceptors (Lipinski definition) is 4. The molecule has 0 saturated heterocycles. The number of nitrogens with one attached hydrogen (secondary N) is 2. The molecule has 0 bridgehead atoms. The second-order valence-corrected chi connectivity index (χ2v) is 7.05. The van der Waals surface area contributed by atoms with Gasteiger partial charge in [0.2, 0.25) is 15.9 Å². The first-order valence-corrected chi connectivity index (χ1v) is 8.56. The molecule has 0 aromatic heterocycles. The van der Waals surface area contributed by atoms with Gasteiger partial charge in [0, 0.05) is 24.7 Å². The zero-order chi connectivity index (χ0) is 15.5. The molecule has 1 saturated carbocycles. The van der Waals surface area contributed by atoms with Crippen molar-refractivity contribution < 1.29 is 13.2 Å². The van der Waals surface area contributed by atoms with Gasteiger partial charge in [0.05, 0.1) is 4.90 Å². The lowest BCUT2D eigenvalue weighted by atomic mass is 10.2. The fraction of sp³-hybridized carbons (Fsp3) is 0.500. The summed E-state index contributed by atoms with van der Waals surface area (Å²) >= 11 is 0. The van der Waals surface area contributed by atoms with Crippen LogP contribution in [0.5, 0.6) is 0 Å². The Morgan fingerprint density at radius 2 is 1.91 bits per heavy atom. The summed E-state index contributed by atoms with van der Waals surface area (Å²) in [5.41, 5.74) is 6.46. The largest absolute Gasteiger partial charge is 0.326 e. The van der Waals surface area contributed by atoms with E-state index in [1.165, 1.54) is 12.1 Å². The van der Waals surface area contributed by atoms with E-state index in [0.717, 1.165) is 12.8 Å². The summed E-state index contributed by atoms with van der Waals surface area (Å²) < 4.78 is 26.8. The predicted molar refractivity (Wildman–Crippen MR) is 88.5 cm³/mol. The van der Waals surface area contributed by atoms with Crippen LogP contribution < -0.4 is 15.8 Å². The minimum absolute atomic E-state index is 0. The van der Waals surface area contributed by atoms with Crippen LogP contribution in [-0.4, -0.2) is 26.9 Å². The summed E-state index contributed by atoms with van der Waals surface area (Å²) in [4.78, 5) is 11.4. The molecule has 0 radical (unpaired) electrons. The van der Waals surface area contributed by atoms with Gasteiger partial charge < -0.3 is 11.1 Å². The molecule has 1 aliphatic carbocycles. The number of halogens is 1. The number of nitrogens with two attached hydrogens (primary N) is 1. The quantitative estimate of drug-likeness (QED) is 0.695. The molecular weight excluding hydrogens is 326 g/mol. The first-order valence-electron chi connectivity index (χ1n) is 7.07. The Kier molecular flexibility index (Phi) is 6.80. The highest BCUT2D eigenvalue weighted by molar-refractivity contribution is 7.89. The molecule has 1 aliphatic rings. The van der Waals surface area contributed by atoms with Gasteiger partial charge in [-0.05, 0) is 43.0 Å². The summed E-state index contributed by atoms with van der Waals surface area (Å²) in [5, 5.41) is 2.67. The maximum absolute atomic E-state index is 12.1. The number of benzene rings is 1. The number of anilines is 1. The van der Waals surface area contributed by atoms with Crippen molar-refractivity contribution >= 4 is 34.0 Å². The van der Waals surface area contributed by atoms with E-state index in [9.17, 15) is 13.2 Å². The first-order chi connectivity index (χ1) is 9.92. The van der Waals surface area contributed by atoms with Crippen LogP contribution in [0.1, 0.15) is 26.2 Å². The van der Waals surface area contributed by atoms with E-state index in [1.807, 2.05) is 0 Å². The molecule has 0 spiro atoms. The zero-order valence-corrected chi connectivity index (χ0v) is 14.0. The zero-order valence-electron chi connectivity index (χ0n) is 12.4. The molecule has 22 heavy (non-hydrogen) atoms. The molecular formula is C14H22ClN3O3S. The number of carbonyl (C=O) groups excluding carboxylic acids is 1. The third kappa shape index (κ3) is 5.24. The van der Waals surface area contributed by atoms with Crippen LogP contribution in [0.3, 0.4) is 0 Å². The maximum atomic E-state index is 12.1. The van der Waals surface area contributed by atoms with E-state index in [4.69, 9.17) is 5.73 Å². The van der Waals surface area contributed by atoms with Crippen LogP contribution in [0.4, 0.5) is 5.69 Å². The van der Waals surface area contributed by atoms with Gasteiger partial charge in [-0.15, -0.1) is 12.4 Å². The number of amides is 1. The Morgan fingerprint density at radius 1 is 1.32 bits per heavy atom. The van der Waals surface area contributed by atoms with Gasteiger partial charge in [-0.25, -0.2) is 13.1 Å². The van der Waals surface area contributed by atoms with Crippen molar-refractivity contribution in [2.45, 2.75) is 37.1 Å². The van der Waals surface area contributed by atoms with E-state index in [1.54, 1.807) is 19.1 Å². The molecule has 124 valence electrons. The number of carbonyl (C=O) groups is 1. The van der Waals surface area contributed by atoms with Crippen LogP contribution in [0.2, 0.25) is 0 Å². The average molecular weight is 348 g/mol. The second-order valence-electron chi connectivity index (χ2n) is 5.28. The van der Waals surface area contributed by atoms with Crippen molar-refractivity contribution in [1.29, 1.82) is 0 Å².